The van der Waals surface area contributed by atoms with Gasteiger partial charge in [0.15, 0.2) is 0 Å². The third-order valence-corrected chi connectivity index (χ3v) is 3.52. The highest BCUT2D eigenvalue weighted by atomic mass is 16.1. The van der Waals surface area contributed by atoms with Crippen molar-refractivity contribution in [2.24, 2.45) is 0 Å². The van der Waals surface area contributed by atoms with Gasteiger partial charge in [0.25, 0.3) is 0 Å². The zero-order valence-corrected chi connectivity index (χ0v) is 11.4. The first kappa shape index (κ1) is 12.6. The molecule has 0 fully saturated rings. The lowest BCUT2D eigenvalue weighted by molar-refractivity contribution is 0.112. The van der Waals surface area contributed by atoms with E-state index in [1.54, 1.807) is 0 Å². The van der Waals surface area contributed by atoms with Gasteiger partial charge in [0.2, 0.25) is 0 Å². The first-order chi connectivity index (χ1) is 8.52. The van der Waals surface area contributed by atoms with E-state index in [1.165, 1.54) is 27.8 Å². The van der Waals surface area contributed by atoms with Gasteiger partial charge in [0, 0.05) is 5.56 Å². The van der Waals surface area contributed by atoms with Gasteiger partial charge in [-0.1, -0.05) is 24.3 Å². The fraction of sp³-hybridized carbons (Fsp3) is 0.235. The summed E-state index contributed by atoms with van der Waals surface area (Å²) in [5, 5.41) is 0. The summed E-state index contributed by atoms with van der Waals surface area (Å²) in [5.74, 6) is 0. The summed E-state index contributed by atoms with van der Waals surface area (Å²) in [6.45, 7) is 8.45. The van der Waals surface area contributed by atoms with Crippen LogP contribution in [0.25, 0.3) is 11.1 Å². The van der Waals surface area contributed by atoms with Crippen LogP contribution in [-0.2, 0) is 0 Å². The minimum Gasteiger partial charge on any atom is -0.298 e. The number of benzene rings is 2. The molecule has 0 amide bonds. The molecular formula is C17H18O. The molecule has 92 valence electrons. The smallest absolute Gasteiger partial charge is 0.150 e. The van der Waals surface area contributed by atoms with Crippen molar-refractivity contribution in [3.05, 3.63) is 58.1 Å². The average molecular weight is 238 g/mol. The van der Waals surface area contributed by atoms with Crippen LogP contribution in [0.1, 0.15) is 32.6 Å². The SMILES string of the molecule is Cc1cc(C)c(-c2ccc(C=O)cc2C)cc1C. The number of carbonyl (C=O) groups is 1. The normalized spacial score (nSPS) is 10.4. The maximum absolute atomic E-state index is 10.8. The van der Waals surface area contributed by atoms with Crippen molar-refractivity contribution in [1.82, 2.24) is 0 Å². The molecule has 0 spiro atoms. The van der Waals surface area contributed by atoms with Gasteiger partial charge in [-0.2, -0.15) is 0 Å². The second-order valence-corrected chi connectivity index (χ2v) is 4.94. The molecule has 1 nitrogen and oxygen atoms in total. The Labute approximate surface area is 108 Å². The van der Waals surface area contributed by atoms with Crippen LogP contribution in [-0.4, -0.2) is 6.29 Å². The van der Waals surface area contributed by atoms with Gasteiger partial charge in [-0.25, -0.2) is 0 Å². The molecule has 0 N–H and O–H groups in total. The van der Waals surface area contributed by atoms with Crippen molar-refractivity contribution in [3.8, 4) is 11.1 Å². The molecule has 2 rings (SSSR count). The molecule has 0 aliphatic heterocycles. The van der Waals surface area contributed by atoms with E-state index in [0.717, 1.165) is 17.4 Å². The highest BCUT2D eigenvalue weighted by Crippen LogP contribution is 2.29. The van der Waals surface area contributed by atoms with E-state index in [4.69, 9.17) is 0 Å². The second-order valence-electron chi connectivity index (χ2n) is 4.94. The zero-order chi connectivity index (χ0) is 13.3. The molecular weight excluding hydrogens is 220 g/mol. The van der Waals surface area contributed by atoms with E-state index < -0.39 is 0 Å². The molecule has 0 bridgehead atoms. The van der Waals surface area contributed by atoms with Crippen LogP contribution >= 0.6 is 0 Å². The van der Waals surface area contributed by atoms with E-state index in [9.17, 15) is 4.79 Å². The molecule has 0 unspecified atom stereocenters. The minimum atomic E-state index is 0.734. The van der Waals surface area contributed by atoms with E-state index in [0.29, 0.717) is 0 Å². The molecule has 0 radical (unpaired) electrons. The Morgan fingerprint density at radius 1 is 0.722 bits per heavy atom. The quantitative estimate of drug-likeness (QED) is 0.709. The van der Waals surface area contributed by atoms with Crippen LogP contribution in [0.4, 0.5) is 0 Å². The molecule has 0 heterocycles. The van der Waals surface area contributed by atoms with Gasteiger partial charge in [-0.05, 0) is 67.1 Å². The lowest BCUT2D eigenvalue weighted by Gasteiger charge is -2.12. The lowest BCUT2D eigenvalue weighted by Crippen LogP contribution is -1.92. The summed E-state index contributed by atoms with van der Waals surface area (Å²) in [6.07, 6.45) is 0.893. The van der Waals surface area contributed by atoms with Gasteiger partial charge in [0.1, 0.15) is 6.29 Å². The molecule has 0 aliphatic rings. The molecule has 0 saturated carbocycles. The minimum absolute atomic E-state index is 0.734. The number of aldehydes is 1. The van der Waals surface area contributed by atoms with Crippen LogP contribution in [0.15, 0.2) is 30.3 Å². The summed E-state index contributed by atoms with van der Waals surface area (Å²) in [5.41, 5.74) is 8.24. The molecule has 0 saturated heterocycles. The number of rotatable bonds is 2. The summed E-state index contributed by atoms with van der Waals surface area (Å²) in [7, 11) is 0. The highest BCUT2D eigenvalue weighted by molar-refractivity contribution is 5.79. The second kappa shape index (κ2) is 4.77. The predicted molar refractivity (Wildman–Crippen MR) is 76.2 cm³/mol. The van der Waals surface area contributed by atoms with E-state index in [1.807, 2.05) is 18.2 Å². The van der Waals surface area contributed by atoms with E-state index in [-0.39, 0.29) is 0 Å². The first-order valence-electron chi connectivity index (χ1n) is 6.17. The predicted octanol–water partition coefficient (Wildman–Crippen LogP) is 4.40. The maximum atomic E-state index is 10.8. The number of hydrogen-bond acceptors (Lipinski definition) is 1. The van der Waals surface area contributed by atoms with Gasteiger partial charge < -0.3 is 0 Å². The monoisotopic (exact) mass is 238 g/mol. The molecule has 0 aliphatic carbocycles. The van der Waals surface area contributed by atoms with Crippen molar-refractivity contribution >= 4 is 6.29 Å². The van der Waals surface area contributed by atoms with Crippen LogP contribution in [0.2, 0.25) is 0 Å². The summed E-state index contributed by atoms with van der Waals surface area (Å²) >= 11 is 0. The summed E-state index contributed by atoms with van der Waals surface area (Å²) < 4.78 is 0. The molecule has 2 aromatic rings. The Hall–Kier alpha value is -1.89. The van der Waals surface area contributed by atoms with E-state index in [2.05, 4.69) is 39.8 Å². The molecule has 18 heavy (non-hydrogen) atoms. The summed E-state index contributed by atoms with van der Waals surface area (Å²) in [4.78, 5) is 10.8. The Balaban J connectivity index is 2.62. The Bertz CT molecular complexity index is 609. The van der Waals surface area contributed by atoms with Crippen molar-refractivity contribution in [2.75, 3.05) is 0 Å². The van der Waals surface area contributed by atoms with Crippen molar-refractivity contribution in [1.29, 1.82) is 0 Å². The fourth-order valence-corrected chi connectivity index (χ4v) is 2.31. The standard InChI is InChI=1S/C17H18O/c1-11-7-13(3)17(9-12(11)2)16-6-5-15(10-18)8-14(16)4/h5-10H,1-4H3. The molecule has 0 atom stereocenters. The third-order valence-electron chi connectivity index (χ3n) is 3.52. The Morgan fingerprint density at radius 3 is 1.94 bits per heavy atom. The van der Waals surface area contributed by atoms with Crippen LogP contribution in [0.5, 0.6) is 0 Å². The highest BCUT2D eigenvalue weighted by Gasteiger charge is 2.07. The maximum Gasteiger partial charge on any atom is 0.150 e. The van der Waals surface area contributed by atoms with E-state index >= 15 is 0 Å². The number of carbonyl (C=O) groups excluding carboxylic acids is 1. The van der Waals surface area contributed by atoms with Gasteiger partial charge in [0.05, 0.1) is 0 Å². The fourth-order valence-electron chi connectivity index (χ4n) is 2.31. The van der Waals surface area contributed by atoms with Gasteiger partial charge in [-0.15, -0.1) is 0 Å². The largest absolute Gasteiger partial charge is 0.298 e. The Kier molecular flexibility index (Phi) is 3.33. The topological polar surface area (TPSA) is 17.1 Å². The van der Waals surface area contributed by atoms with Crippen molar-refractivity contribution < 1.29 is 4.79 Å². The van der Waals surface area contributed by atoms with Crippen LogP contribution < -0.4 is 0 Å². The lowest BCUT2D eigenvalue weighted by atomic mass is 9.92. The van der Waals surface area contributed by atoms with Crippen molar-refractivity contribution in [3.63, 3.8) is 0 Å². The van der Waals surface area contributed by atoms with Crippen molar-refractivity contribution in [2.45, 2.75) is 27.7 Å². The molecule has 2 aromatic carbocycles. The molecule has 0 aromatic heterocycles. The zero-order valence-electron chi connectivity index (χ0n) is 11.4. The average Bonchev–Trinajstić information content (AvgIpc) is 2.34. The first-order valence-corrected chi connectivity index (χ1v) is 6.17. The van der Waals surface area contributed by atoms with Gasteiger partial charge >= 0.3 is 0 Å². The third kappa shape index (κ3) is 2.21. The molecule has 1 heteroatoms. The number of aryl methyl sites for hydroxylation is 4. The number of hydrogen-bond donors (Lipinski definition) is 0. The van der Waals surface area contributed by atoms with Crippen LogP contribution in [0.3, 0.4) is 0 Å². The van der Waals surface area contributed by atoms with Gasteiger partial charge in [-0.3, -0.25) is 4.79 Å². The summed E-state index contributed by atoms with van der Waals surface area (Å²) in [6, 6.07) is 10.3. The van der Waals surface area contributed by atoms with Crippen LogP contribution in [0, 0.1) is 27.7 Å². The Morgan fingerprint density at radius 2 is 1.33 bits per heavy atom.